The number of esters is 1. The summed E-state index contributed by atoms with van der Waals surface area (Å²) in [5, 5.41) is 0.833. The fourth-order valence-corrected chi connectivity index (χ4v) is 3.15. The van der Waals surface area contributed by atoms with Gasteiger partial charge in [0.25, 0.3) is 0 Å². The molecule has 0 N–H and O–H groups in total. The van der Waals surface area contributed by atoms with Crippen LogP contribution in [0.2, 0.25) is 0 Å². The third kappa shape index (κ3) is 2.63. The van der Waals surface area contributed by atoms with Crippen LogP contribution in [0.4, 0.5) is 0 Å². The maximum atomic E-state index is 12.0. The van der Waals surface area contributed by atoms with Crippen molar-refractivity contribution in [3.05, 3.63) is 28.9 Å². The molecular weight excluding hydrogens is 288 g/mol. The summed E-state index contributed by atoms with van der Waals surface area (Å²) in [6, 6.07) is 1.92. The van der Waals surface area contributed by atoms with E-state index in [2.05, 4.69) is 9.98 Å². The van der Waals surface area contributed by atoms with Crippen molar-refractivity contribution >= 4 is 33.3 Å². The quantitative estimate of drug-likeness (QED) is 0.818. The van der Waals surface area contributed by atoms with Crippen molar-refractivity contribution in [2.75, 3.05) is 13.2 Å². The van der Waals surface area contributed by atoms with E-state index in [-0.39, 0.29) is 11.5 Å². The van der Waals surface area contributed by atoms with Crippen molar-refractivity contribution < 1.29 is 14.3 Å². The van der Waals surface area contributed by atoms with Crippen LogP contribution in [0.3, 0.4) is 0 Å². The first-order chi connectivity index (χ1) is 10.00. The molecule has 3 heterocycles. The number of carbonyl (C=O) groups excluding carboxylic acids is 1. The van der Waals surface area contributed by atoms with E-state index < -0.39 is 0 Å². The third-order valence-corrected chi connectivity index (χ3v) is 4.18. The Balaban J connectivity index is 2.05. The van der Waals surface area contributed by atoms with Gasteiger partial charge in [0.05, 0.1) is 27.3 Å². The summed E-state index contributed by atoms with van der Waals surface area (Å²) in [5.41, 5.74) is 0.281. The van der Waals surface area contributed by atoms with Gasteiger partial charge >= 0.3 is 5.97 Å². The molecule has 3 rings (SSSR count). The molecule has 6 heteroatoms. The number of nitrogens with zero attached hydrogens (tertiary/aromatic N) is 2. The Hall–Kier alpha value is -1.95. The molecule has 0 radical (unpaired) electrons. The molecule has 110 valence electrons. The van der Waals surface area contributed by atoms with Crippen LogP contribution in [0.5, 0.6) is 0 Å². The summed E-state index contributed by atoms with van der Waals surface area (Å²) in [4.78, 5) is 21.6. The number of hydrogen-bond acceptors (Lipinski definition) is 6. The van der Waals surface area contributed by atoms with Gasteiger partial charge in [0.1, 0.15) is 6.61 Å². The predicted octanol–water partition coefficient (Wildman–Crippen LogP) is 3.03. The molecule has 2 aromatic heterocycles. The fourth-order valence-electron chi connectivity index (χ4n) is 2.15. The minimum absolute atomic E-state index is 0.201. The van der Waals surface area contributed by atoms with Gasteiger partial charge in [-0.1, -0.05) is 0 Å². The molecule has 0 saturated carbocycles. The van der Waals surface area contributed by atoms with Gasteiger partial charge < -0.3 is 9.47 Å². The van der Waals surface area contributed by atoms with Gasteiger partial charge in [-0.2, -0.15) is 0 Å². The summed E-state index contributed by atoms with van der Waals surface area (Å²) < 4.78 is 11.6. The van der Waals surface area contributed by atoms with Crippen LogP contribution in [0.1, 0.15) is 36.0 Å². The second-order valence-electron chi connectivity index (χ2n) is 5.45. The molecule has 0 amide bonds. The first-order valence-corrected chi connectivity index (χ1v) is 7.59. The maximum absolute atomic E-state index is 12.0. The molecule has 0 fully saturated rings. The zero-order valence-corrected chi connectivity index (χ0v) is 13.0. The van der Waals surface area contributed by atoms with Gasteiger partial charge in [-0.15, -0.1) is 11.3 Å². The molecule has 21 heavy (non-hydrogen) atoms. The molecule has 0 unspecified atom stereocenters. The van der Waals surface area contributed by atoms with E-state index in [1.165, 1.54) is 17.5 Å². The van der Waals surface area contributed by atoms with E-state index in [0.29, 0.717) is 24.7 Å². The summed E-state index contributed by atoms with van der Waals surface area (Å²) in [6.45, 7) is 6.75. The van der Waals surface area contributed by atoms with Crippen LogP contribution in [0, 0.1) is 0 Å². The van der Waals surface area contributed by atoms with Crippen LogP contribution < -0.4 is 0 Å². The van der Waals surface area contributed by atoms with E-state index >= 15 is 0 Å². The number of rotatable bonds is 3. The van der Waals surface area contributed by atoms with Gasteiger partial charge in [0.15, 0.2) is 0 Å². The van der Waals surface area contributed by atoms with Gasteiger partial charge in [-0.25, -0.2) is 9.79 Å². The minimum Gasteiger partial charge on any atom is -0.474 e. The van der Waals surface area contributed by atoms with Crippen molar-refractivity contribution in [2.24, 2.45) is 4.99 Å². The molecule has 0 atom stereocenters. The molecule has 1 aliphatic heterocycles. The number of pyridine rings is 1. The Morgan fingerprint density at radius 1 is 1.48 bits per heavy atom. The van der Waals surface area contributed by atoms with Gasteiger partial charge in [0.2, 0.25) is 5.90 Å². The Labute approximate surface area is 126 Å². The SMILES string of the molecule is CCOC(=O)c1cncc2sc(C3=NC(C)(C)CO3)cc12. The van der Waals surface area contributed by atoms with Crippen molar-refractivity contribution in [1.82, 2.24) is 4.98 Å². The average Bonchev–Trinajstić information content (AvgIpc) is 3.01. The lowest BCUT2D eigenvalue weighted by Gasteiger charge is -2.07. The Bertz CT molecular complexity index is 734. The highest BCUT2D eigenvalue weighted by molar-refractivity contribution is 7.20. The molecule has 0 spiro atoms. The highest BCUT2D eigenvalue weighted by Gasteiger charge is 2.28. The average molecular weight is 304 g/mol. The number of aromatic nitrogens is 1. The standard InChI is InChI=1S/C15H16N2O3S/c1-4-19-14(18)10-6-16-7-12-9(10)5-11(21-12)13-17-15(2,3)8-20-13/h5-7H,4,8H2,1-3H3. The summed E-state index contributed by atoms with van der Waals surface area (Å²) in [7, 11) is 0. The van der Waals surface area contributed by atoms with Crippen LogP contribution in [0.25, 0.3) is 10.1 Å². The first kappa shape index (κ1) is 14.0. The van der Waals surface area contributed by atoms with E-state index in [9.17, 15) is 4.79 Å². The first-order valence-electron chi connectivity index (χ1n) is 6.78. The molecule has 0 bridgehead atoms. The van der Waals surface area contributed by atoms with Crippen LogP contribution in [-0.4, -0.2) is 35.6 Å². The molecule has 0 aliphatic carbocycles. The third-order valence-electron chi connectivity index (χ3n) is 3.12. The molecule has 2 aromatic rings. The van der Waals surface area contributed by atoms with E-state index in [1.54, 1.807) is 13.1 Å². The summed E-state index contributed by atoms with van der Waals surface area (Å²) in [5.74, 6) is 0.283. The number of fused-ring (bicyclic) bond motifs is 1. The van der Waals surface area contributed by atoms with E-state index in [4.69, 9.17) is 9.47 Å². The number of ether oxygens (including phenoxy) is 2. The highest BCUT2D eigenvalue weighted by Crippen LogP contribution is 2.31. The molecule has 0 aromatic carbocycles. The van der Waals surface area contributed by atoms with Gasteiger partial charge in [-0.3, -0.25) is 4.98 Å². The van der Waals surface area contributed by atoms with Crippen LogP contribution in [-0.2, 0) is 9.47 Å². The molecule has 5 nitrogen and oxygen atoms in total. The summed E-state index contributed by atoms with van der Waals surface area (Å²) in [6.07, 6.45) is 3.28. The minimum atomic E-state index is -0.352. The monoisotopic (exact) mass is 304 g/mol. The molecule has 1 aliphatic rings. The Kier molecular flexibility index (Phi) is 3.41. The Morgan fingerprint density at radius 3 is 2.95 bits per heavy atom. The number of carbonyl (C=O) groups is 1. The van der Waals surface area contributed by atoms with E-state index in [0.717, 1.165) is 15.0 Å². The van der Waals surface area contributed by atoms with E-state index in [1.807, 2.05) is 19.9 Å². The van der Waals surface area contributed by atoms with Crippen LogP contribution >= 0.6 is 11.3 Å². The lowest BCUT2D eigenvalue weighted by molar-refractivity contribution is 0.0528. The smallest absolute Gasteiger partial charge is 0.340 e. The van der Waals surface area contributed by atoms with Crippen molar-refractivity contribution in [1.29, 1.82) is 0 Å². The Morgan fingerprint density at radius 2 is 2.29 bits per heavy atom. The van der Waals surface area contributed by atoms with Crippen LogP contribution in [0.15, 0.2) is 23.5 Å². The number of hydrogen-bond donors (Lipinski definition) is 0. The lowest BCUT2D eigenvalue weighted by Crippen LogP contribution is -2.17. The number of aliphatic imine (C=N–C) groups is 1. The molecule has 0 saturated heterocycles. The second-order valence-corrected chi connectivity index (χ2v) is 6.53. The molecular formula is C15H16N2O3S. The normalized spacial score (nSPS) is 16.6. The topological polar surface area (TPSA) is 60.8 Å². The van der Waals surface area contributed by atoms with Gasteiger partial charge in [-0.05, 0) is 26.8 Å². The summed E-state index contributed by atoms with van der Waals surface area (Å²) >= 11 is 1.52. The largest absolute Gasteiger partial charge is 0.474 e. The lowest BCUT2D eigenvalue weighted by atomic mass is 10.1. The second kappa shape index (κ2) is 5.11. The maximum Gasteiger partial charge on any atom is 0.340 e. The van der Waals surface area contributed by atoms with Crippen molar-refractivity contribution in [2.45, 2.75) is 26.3 Å². The fraction of sp³-hybridized carbons (Fsp3) is 0.400. The van der Waals surface area contributed by atoms with Crippen molar-refractivity contribution in [3.8, 4) is 0 Å². The zero-order valence-electron chi connectivity index (χ0n) is 12.2. The highest BCUT2D eigenvalue weighted by atomic mass is 32.1. The number of thiophene rings is 1. The van der Waals surface area contributed by atoms with Gasteiger partial charge in [0, 0.05) is 17.8 Å². The van der Waals surface area contributed by atoms with Crippen molar-refractivity contribution in [3.63, 3.8) is 0 Å². The predicted molar refractivity (Wildman–Crippen MR) is 82.1 cm³/mol. The zero-order chi connectivity index (χ0) is 15.0.